The van der Waals surface area contributed by atoms with Crippen LogP contribution in [-0.4, -0.2) is 40.9 Å². The lowest BCUT2D eigenvalue weighted by Gasteiger charge is -2.34. The van der Waals surface area contributed by atoms with Crippen LogP contribution in [-0.2, 0) is 0 Å². The van der Waals surface area contributed by atoms with Crippen molar-refractivity contribution in [2.75, 3.05) is 19.7 Å². The van der Waals surface area contributed by atoms with Crippen molar-refractivity contribution < 1.29 is 19.7 Å². The average molecular weight is 464 g/mol. The van der Waals surface area contributed by atoms with Crippen LogP contribution >= 0.6 is 11.8 Å². The molecule has 6 heteroatoms. The van der Waals surface area contributed by atoms with Crippen molar-refractivity contribution in [3.05, 3.63) is 77.9 Å². The summed E-state index contributed by atoms with van der Waals surface area (Å²) in [6.45, 7) is 5.09. The molecule has 0 spiro atoms. The number of hydrogen-bond acceptors (Lipinski definition) is 6. The summed E-state index contributed by atoms with van der Waals surface area (Å²) in [7, 11) is 0. The third-order valence-corrected chi connectivity index (χ3v) is 7.82. The van der Waals surface area contributed by atoms with Crippen LogP contribution in [0.15, 0.2) is 71.6 Å². The van der Waals surface area contributed by atoms with Gasteiger partial charge in [0.1, 0.15) is 35.7 Å². The molecule has 0 saturated carbocycles. The Hall–Kier alpha value is -2.83. The average Bonchev–Trinajstić information content (AvgIpc) is 3.24. The maximum atomic E-state index is 9.93. The predicted molar refractivity (Wildman–Crippen MR) is 130 cm³/mol. The van der Waals surface area contributed by atoms with Crippen LogP contribution in [0, 0.1) is 0 Å². The van der Waals surface area contributed by atoms with Crippen LogP contribution in [0.25, 0.3) is 0 Å². The summed E-state index contributed by atoms with van der Waals surface area (Å²) < 4.78 is 12.4. The molecule has 33 heavy (non-hydrogen) atoms. The number of aromatic hydroxyl groups is 2. The molecular formula is C27H29NO4S. The number of fused-ring (bicyclic) bond motifs is 1. The molecule has 3 aromatic rings. The van der Waals surface area contributed by atoms with Crippen molar-refractivity contribution in [2.45, 2.75) is 42.1 Å². The van der Waals surface area contributed by atoms with Crippen LogP contribution in [0.2, 0.25) is 0 Å². The molecular weight excluding hydrogens is 434 g/mol. The molecule has 0 unspecified atom stereocenters. The highest BCUT2D eigenvalue weighted by Gasteiger charge is 2.33. The molecule has 2 N–H and O–H groups in total. The number of thioether (sulfide) groups is 1. The Labute approximate surface area is 199 Å². The quantitative estimate of drug-likeness (QED) is 0.473. The van der Waals surface area contributed by atoms with E-state index in [1.807, 2.05) is 30.3 Å². The molecule has 3 aromatic carbocycles. The summed E-state index contributed by atoms with van der Waals surface area (Å²) in [5.41, 5.74) is 2.11. The minimum Gasteiger partial charge on any atom is -0.508 e. The summed E-state index contributed by atoms with van der Waals surface area (Å²) in [6, 6.07) is 21.3. The molecule has 0 bridgehead atoms. The van der Waals surface area contributed by atoms with Gasteiger partial charge in [-0.15, -0.1) is 11.8 Å². The number of benzene rings is 3. The van der Waals surface area contributed by atoms with Gasteiger partial charge in [0.25, 0.3) is 0 Å². The summed E-state index contributed by atoms with van der Waals surface area (Å²) in [5, 5.41) is 19.6. The first-order valence-electron chi connectivity index (χ1n) is 11.5. The highest BCUT2D eigenvalue weighted by molar-refractivity contribution is 7.99. The number of likely N-dealkylation sites (tertiary alicyclic amines) is 1. The van der Waals surface area contributed by atoms with E-state index < -0.39 is 0 Å². The summed E-state index contributed by atoms with van der Waals surface area (Å²) in [6.07, 6.45) is 2.34. The van der Waals surface area contributed by atoms with Crippen molar-refractivity contribution in [1.29, 1.82) is 0 Å². The standard InChI is InChI=1S/C27H29NO4S/c1-18-3-2-14-28(18)15-16-31-23-11-6-19(7-12-23)26-27(20-4-8-21(29)9-5-20)33-25-17-22(30)10-13-24(25)32-26/h4-13,17-18,26-27,29-30H,2-3,14-16H2,1H3/t18-,26+,27-/m1/s1. The molecule has 1 fully saturated rings. The van der Waals surface area contributed by atoms with E-state index in [-0.39, 0.29) is 22.9 Å². The topological polar surface area (TPSA) is 62.2 Å². The van der Waals surface area contributed by atoms with Gasteiger partial charge in [-0.3, -0.25) is 4.90 Å². The molecule has 2 aliphatic heterocycles. The van der Waals surface area contributed by atoms with Crippen molar-refractivity contribution >= 4 is 11.8 Å². The third-order valence-electron chi connectivity index (χ3n) is 6.48. The molecule has 0 aromatic heterocycles. The fourth-order valence-electron chi connectivity index (χ4n) is 4.59. The highest BCUT2D eigenvalue weighted by Crippen LogP contribution is 2.54. The maximum absolute atomic E-state index is 9.93. The van der Waals surface area contributed by atoms with Gasteiger partial charge in [-0.25, -0.2) is 0 Å². The van der Waals surface area contributed by atoms with E-state index in [0.717, 1.165) is 40.6 Å². The number of phenolic OH excluding ortho intramolecular Hbond substituents is 2. The van der Waals surface area contributed by atoms with Gasteiger partial charge >= 0.3 is 0 Å². The Morgan fingerprint density at radius 1 is 0.970 bits per heavy atom. The van der Waals surface area contributed by atoms with E-state index in [2.05, 4.69) is 24.0 Å². The second-order valence-electron chi connectivity index (χ2n) is 8.74. The van der Waals surface area contributed by atoms with Crippen LogP contribution in [0.5, 0.6) is 23.0 Å². The molecule has 2 heterocycles. The van der Waals surface area contributed by atoms with Gasteiger partial charge in [0.2, 0.25) is 0 Å². The zero-order valence-corrected chi connectivity index (χ0v) is 19.5. The normalized spacial score (nSPS) is 22.5. The van der Waals surface area contributed by atoms with Gasteiger partial charge in [0, 0.05) is 12.6 Å². The lowest BCUT2D eigenvalue weighted by molar-refractivity contribution is 0.190. The van der Waals surface area contributed by atoms with Gasteiger partial charge in [0.15, 0.2) is 0 Å². The van der Waals surface area contributed by atoms with E-state index in [4.69, 9.17) is 9.47 Å². The first-order valence-corrected chi connectivity index (χ1v) is 12.4. The molecule has 1 saturated heterocycles. The first-order chi connectivity index (χ1) is 16.1. The maximum Gasteiger partial charge on any atom is 0.140 e. The molecule has 0 aliphatic carbocycles. The van der Waals surface area contributed by atoms with Gasteiger partial charge in [-0.1, -0.05) is 24.3 Å². The van der Waals surface area contributed by atoms with Crippen molar-refractivity contribution in [3.63, 3.8) is 0 Å². The zero-order valence-electron chi connectivity index (χ0n) is 18.7. The third kappa shape index (κ3) is 4.92. The fraction of sp³-hybridized carbons (Fsp3) is 0.333. The van der Waals surface area contributed by atoms with Crippen LogP contribution < -0.4 is 9.47 Å². The Kier molecular flexibility index (Phi) is 6.38. The minimum absolute atomic E-state index is 0.0247. The molecule has 5 nitrogen and oxygen atoms in total. The Bertz CT molecular complexity index is 1090. The van der Waals surface area contributed by atoms with Crippen molar-refractivity contribution in [1.82, 2.24) is 4.90 Å². The van der Waals surface area contributed by atoms with Crippen molar-refractivity contribution in [2.24, 2.45) is 0 Å². The largest absolute Gasteiger partial charge is 0.508 e. The van der Waals surface area contributed by atoms with E-state index in [1.54, 1.807) is 36.0 Å². The number of ether oxygens (including phenoxy) is 2. The predicted octanol–water partition coefficient (Wildman–Crippen LogP) is 5.93. The van der Waals surface area contributed by atoms with E-state index in [1.165, 1.54) is 12.8 Å². The summed E-state index contributed by atoms with van der Waals surface area (Å²) in [4.78, 5) is 3.39. The monoisotopic (exact) mass is 463 g/mol. The lowest BCUT2D eigenvalue weighted by Crippen LogP contribution is -2.31. The zero-order chi connectivity index (χ0) is 22.8. The second-order valence-corrected chi connectivity index (χ2v) is 9.93. The minimum atomic E-state index is -0.212. The number of nitrogens with zero attached hydrogens (tertiary/aromatic N) is 1. The van der Waals surface area contributed by atoms with Crippen LogP contribution in [0.3, 0.4) is 0 Å². The SMILES string of the molecule is C[C@@H]1CCCN1CCOc1ccc([C@@H]2Oc3ccc(O)cc3S[C@@H]2c2ccc(O)cc2)cc1. The second kappa shape index (κ2) is 9.57. The Morgan fingerprint density at radius 2 is 1.70 bits per heavy atom. The number of phenols is 2. The number of hydrogen-bond donors (Lipinski definition) is 2. The molecule has 0 radical (unpaired) electrons. The van der Waals surface area contributed by atoms with E-state index >= 15 is 0 Å². The fourth-order valence-corrected chi connectivity index (χ4v) is 5.92. The van der Waals surface area contributed by atoms with E-state index in [0.29, 0.717) is 12.6 Å². The number of rotatable bonds is 6. The van der Waals surface area contributed by atoms with Gasteiger partial charge < -0.3 is 19.7 Å². The highest BCUT2D eigenvalue weighted by atomic mass is 32.2. The molecule has 5 rings (SSSR count). The van der Waals surface area contributed by atoms with Crippen molar-refractivity contribution in [3.8, 4) is 23.0 Å². The molecule has 2 aliphatic rings. The summed E-state index contributed by atoms with van der Waals surface area (Å²) in [5.74, 6) is 2.08. The van der Waals surface area contributed by atoms with E-state index in [9.17, 15) is 10.2 Å². The van der Waals surface area contributed by atoms with Gasteiger partial charge in [-0.2, -0.15) is 0 Å². The van der Waals surface area contributed by atoms with Gasteiger partial charge in [-0.05, 0) is 79.9 Å². The molecule has 0 amide bonds. The smallest absolute Gasteiger partial charge is 0.140 e. The Morgan fingerprint density at radius 3 is 2.42 bits per heavy atom. The summed E-state index contributed by atoms with van der Waals surface area (Å²) >= 11 is 1.66. The lowest BCUT2D eigenvalue weighted by atomic mass is 10.00. The van der Waals surface area contributed by atoms with Crippen LogP contribution in [0.1, 0.15) is 42.2 Å². The molecule has 3 atom stereocenters. The van der Waals surface area contributed by atoms with Crippen LogP contribution in [0.4, 0.5) is 0 Å². The van der Waals surface area contributed by atoms with Gasteiger partial charge in [0.05, 0.1) is 10.1 Å². The molecule has 172 valence electrons. The Balaban J connectivity index is 1.33. The first kappa shape index (κ1) is 22.0.